The van der Waals surface area contributed by atoms with Crippen LogP contribution in [0.5, 0.6) is 0 Å². The Bertz CT molecular complexity index is 720. The number of hydrogen-bond acceptors (Lipinski definition) is 5. The van der Waals surface area contributed by atoms with Gasteiger partial charge >= 0.3 is 0 Å². The Morgan fingerprint density at radius 3 is 2.94 bits per heavy atom. The molecule has 172 valence electrons. The molecular formula is C24H37N3O4. The minimum atomic E-state index is -0.254. The largest absolute Gasteiger partial charge is 0.467 e. The lowest BCUT2D eigenvalue weighted by atomic mass is 9.83. The third-order valence-electron chi connectivity index (χ3n) is 7.26. The predicted octanol–water partition coefficient (Wildman–Crippen LogP) is 2.76. The van der Waals surface area contributed by atoms with E-state index in [2.05, 4.69) is 9.80 Å². The van der Waals surface area contributed by atoms with E-state index in [1.165, 1.54) is 45.2 Å². The molecule has 3 saturated heterocycles. The molecule has 0 spiro atoms. The van der Waals surface area contributed by atoms with Crippen molar-refractivity contribution in [3.05, 3.63) is 24.2 Å². The number of carbonyl (C=O) groups excluding carboxylic acids is 2. The molecule has 0 aromatic carbocycles. The summed E-state index contributed by atoms with van der Waals surface area (Å²) in [5.41, 5.74) is 0. The molecule has 0 saturated carbocycles. The maximum atomic E-state index is 13.5. The molecule has 7 nitrogen and oxygen atoms in total. The topological polar surface area (TPSA) is 66.2 Å². The van der Waals surface area contributed by atoms with E-state index in [9.17, 15) is 9.59 Å². The van der Waals surface area contributed by atoms with Crippen LogP contribution in [0.15, 0.2) is 22.8 Å². The number of carbonyl (C=O) groups is 2. The third-order valence-corrected chi connectivity index (χ3v) is 7.26. The molecule has 7 heteroatoms. The first-order valence-corrected chi connectivity index (χ1v) is 12.0. The quantitative estimate of drug-likeness (QED) is 0.563. The highest BCUT2D eigenvalue weighted by atomic mass is 16.5. The number of likely N-dealkylation sites (tertiary alicyclic amines) is 1. The number of rotatable bonds is 9. The molecule has 3 atom stereocenters. The molecule has 3 aliphatic heterocycles. The average molecular weight is 432 g/mol. The van der Waals surface area contributed by atoms with Crippen LogP contribution in [0.3, 0.4) is 0 Å². The second-order valence-electron chi connectivity index (χ2n) is 9.39. The molecule has 0 aliphatic carbocycles. The maximum Gasteiger partial charge on any atom is 0.228 e. The van der Waals surface area contributed by atoms with Gasteiger partial charge in [0, 0.05) is 45.8 Å². The first-order chi connectivity index (χ1) is 15.2. The first-order valence-electron chi connectivity index (χ1n) is 12.0. The van der Waals surface area contributed by atoms with Gasteiger partial charge in [0.1, 0.15) is 5.76 Å². The Balaban J connectivity index is 1.40. The van der Waals surface area contributed by atoms with Gasteiger partial charge in [0.15, 0.2) is 0 Å². The lowest BCUT2D eigenvalue weighted by molar-refractivity contribution is -0.137. The summed E-state index contributed by atoms with van der Waals surface area (Å²) in [6.07, 6.45) is 9.03. The van der Waals surface area contributed by atoms with E-state index in [0.717, 1.165) is 18.7 Å². The van der Waals surface area contributed by atoms with Crippen LogP contribution in [0.25, 0.3) is 0 Å². The van der Waals surface area contributed by atoms with Gasteiger partial charge in [-0.05, 0) is 63.2 Å². The van der Waals surface area contributed by atoms with Crippen LogP contribution in [-0.4, -0.2) is 79.0 Å². The fourth-order valence-corrected chi connectivity index (χ4v) is 5.70. The smallest absolute Gasteiger partial charge is 0.228 e. The molecule has 2 amide bonds. The van der Waals surface area contributed by atoms with Crippen LogP contribution in [0.2, 0.25) is 0 Å². The average Bonchev–Trinajstić information content (AvgIpc) is 3.43. The van der Waals surface area contributed by atoms with Gasteiger partial charge in [0.25, 0.3) is 0 Å². The number of hydrogen-bond donors (Lipinski definition) is 0. The van der Waals surface area contributed by atoms with E-state index in [4.69, 9.17) is 9.15 Å². The molecule has 1 aromatic heterocycles. The zero-order chi connectivity index (χ0) is 21.6. The van der Waals surface area contributed by atoms with Gasteiger partial charge in [-0.1, -0.05) is 6.42 Å². The van der Waals surface area contributed by atoms with Crippen molar-refractivity contribution >= 4 is 11.8 Å². The van der Waals surface area contributed by atoms with Crippen molar-refractivity contribution in [2.45, 2.75) is 57.5 Å². The van der Waals surface area contributed by atoms with Crippen molar-refractivity contribution in [3.8, 4) is 0 Å². The summed E-state index contributed by atoms with van der Waals surface area (Å²) < 4.78 is 10.6. The molecule has 0 unspecified atom stereocenters. The van der Waals surface area contributed by atoms with Crippen molar-refractivity contribution < 1.29 is 18.7 Å². The Kier molecular flexibility index (Phi) is 7.67. The van der Waals surface area contributed by atoms with E-state index in [1.54, 1.807) is 18.3 Å². The molecule has 0 bridgehead atoms. The van der Waals surface area contributed by atoms with E-state index in [1.807, 2.05) is 12.1 Å². The fourth-order valence-electron chi connectivity index (χ4n) is 5.70. The normalized spacial score (nSPS) is 26.8. The van der Waals surface area contributed by atoms with E-state index < -0.39 is 0 Å². The van der Waals surface area contributed by atoms with Crippen LogP contribution in [0.1, 0.15) is 50.7 Å². The molecule has 0 radical (unpaired) electrons. The molecule has 3 fully saturated rings. The zero-order valence-electron chi connectivity index (χ0n) is 18.8. The summed E-state index contributed by atoms with van der Waals surface area (Å²) in [7, 11) is 1.70. The highest BCUT2D eigenvalue weighted by Gasteiger charge is 2.39. The minimum Gasteiger partial charge on any atom is -0.467 e. The molecule has 4 rings (SSSR count). The Morgan fingerprint density at radius 2 is 2.13 bits per heavy atom. The second kappa shape index (κ2) is 10.6. The van der Waals surface area contributed by atoms with Gasteiger partial charge in [0.2, 0.25) is 11.8 Å². The van der Waals surface area contributed by atoms with Gasteiger partial charge in [-0.25, -0.2) is 0 Å². The second-order valence-corrected chi connectivity index (χ2v) is 9.39. The van der Waals surface area contributed by atoms with Gasteiger partial charge < -0.3 is 23.9 Å². The van der Waals surface area contributed by atoms with E-state index >= 15 is 0 Å². The summed E-state index contributed by atoms with van der Waals surface area (Å²) in [6, 6.07) is 4.31. The van der Waals surface area contributed by atoms with Crippen molar-refractivity contribution in [1.29, 1.82) is 0 Å². The number of ether oxygens (including phenoxy) is 1. The Morgan fingerprint density at radius 1 is 1.26 bits per heavy atom. The molecule has 1 aromatic rings. The van der Waals surface area contributed by atoms with Crippen molar-refractivity contribution in [3.63, 3.8) is 0 Å². The SMILES string of the molecule is COCCCN(C[C@@H]1CCCN2CCCC[C@@H]12)C(=O)[C@@H]1CC(=O)N(Cc2ccco2)C1. The molecule has 4 heterocycles. The Labute approximate surface area is 185 Å². The number of amides is 2. The maximum absolute atomic E-state index is 13.5. The molecule has 31 heavy (non-hydrogen) atoms. The molecule has 0 N–H and O–H groups in total. The van der Waals surface area contributed by atoms with Crippen LogP contribution in [0, 0.1) is 11.8 Å². The zero-order valence-corrected chi connectivity index (χ0v) is 18.8. The van der Waals surface area contributed by atoms with Crippen molar-refractivity contribution in [1.82, 2.24) is 14.7 Å². The van der Waals surface area contributed by atoms with Gasteiger partial charge in [-0.2, -0.15) is 0 Å². The summed E-state index contributed by atoms with van der Waals surface area (Å²) in [4.78, 5) is 32.6. The monoisotopic (exact) mass is 431 g/mol. The molecular weight excluding hydrogens is 394 g/mol. The lowest BCUT2D eigenvalue weighted by Gasteiger charge is -2.46. The van der Waals surface area contributed by atoms with Crippen LogP contribution in [-0.2, 0) is 20.9 Å². The minimum absolute atomic E-state index is 0.0442. The number of methoxy groups -OCH3 is 1. The fraction of sp³-hybridized carbons (Fsp3) is 0.750. The number of nitrogens with zero attached hydrogens (tertiary/aromatic N) is 3. The van der Waals surface area contributed by atoms with Gasteiger partial charge in [0.05, 0.1) is 18.7 Å². The van der Waals surface area contributed by atoms with Gasteiger partial charge in [-0.3, -0.25) is 9.59 Å². The van der Waals surface area contributed by atoms with E-state index in [-0.39, 0.29) is 17.7 Å². The van der Waals surface area contributed by atoms with Crippen LogP contribution in [0.4, 0.5) is 0 Å². The van der Waals surface area contributed by atoms with Crippen LogP contribution < -0.4 is 0 Å². The predicted molar refractivity (Wildman–Crippen MR) is 117 cm³/mol. The first kappa shape index (κ1) is 22.3. The summed E-state index contributed by atoms with van der Waals surface area (Å²) in [6.45, 7) is 5.51. The highest BCUT2D eigenvalue weighted by molar-refractivity contribution is 5.89. The lowest BCUT2D eigenvalue weighted by Crippen LogP contribution is -2.52. The van der Waals surface area contributed by atoms with Crippen LogP contribution >= 0.6 is 0 Å². The van der Waals surface area contributed by atoms with Crippen molar-refractivity contribution in [2.24, 2.45) is 11.8 Å². The van der Waals surface area contributed by atoms with Crippen molar-refractivity contribution in [2.75, 3.05) is 46.4 Å². The summed E-state index contributed by atoms with van der Waals surface area (Å²) in [5.74, 6) is 1.23. The number of fused-ring (bicyclic) bond motifs is 1. The number of furan rings is 1. The standard InChI is InChI=1S/C24H37N3O4/c1-30-13-6-12-26(16-19-7-4-11-25-10-3-2-9-22(19)25)24(29)20-15-23(28)27(17-20)18-21-8-5-14-31-21/h5,8,14,19-20,22H,2-4,6-7,9-13,15-18H2,1H3/t19-,20+,22-/m0/s1. The summed E-state index contributed by atoms with van der Waals surface area (Å²) in [5, 5.41) is 0. The number of piperidine rings is 2. The van der Waals surface area contributed by atoms with E-state index in [0.29, 0.717) is 44.6 Å². The Hall–Kier alpha value is -1.86. The summed E-state index contributed by atoms with van der Waals surface area (Å²) >= 11 is 0. The van der Waals surface area contributed by atoms with Gasteiger partial charge in [-0.15, -0.1) is 0 Å². The molecule has 3 aliphatic rings. The third kappa shape index (κ3) is 5.50. The highest BCUT2D eigenvalue weighted by Crippen LogP contribution is 2.32.